The van der Waals surface area contributed by atoms with E-state index in [1.807, 2.05) is 37.3 Å². The second-order valence-electron chi connectivity index (χ2n) is 5.23. The van der Waals surface area contributed by atoms with Crippen LogP contribution < -0.4 is 10.1 Å². The largest absolute Gasteiger partial charge is 0.497 e. The number of ether oxygens (including phenoxy) is 2. The first-order valence-electron chi connectivity index (χ1n) is 7.22. The summed E-state index contributed by atoms with van der Waals surface area (Å²) in [5.74, 6) is 1.11. The molecule has 1 N–H and O–H groups in total. The zero-order valence-electron chi connectivity index (χ0n) is 12.7. The summed E-state index contributed by atoms with van der Waals surface area (Å²) in [4.78, 5) is 16.4. The lowest BCUT2D eigenvalue weighted by atomic mass is 10.0. The number of anilines is 1. The van der Waals surface area contributed by atoms with Crippen molar-refractivity contribution >= 4 is 11.8 Å². The van der Waals surface area contributed by atoms with E-state index in [0.717, 1.165) is 29.0 Å². The SMILES string of the molecule is COc1ccc(CNc2nc(C)cc3c2C(=O)OCC3)cc1. The maximum Gasteiger partial charge on any atom is 0.342 e. The summed E-state index contributed by atoms with van der Waals surface area (Å²) in [6, 6.07) is 9.72. The maximum atomic E-state index is 12.0. The number of hydrogen-bond donors (Lipinski definition) is 1. The Labute approximate surface area is 129 Å². The van der Waals surface area contributed by atoms with Gasteiger partial charge in [0.05, 0.1) is 13.7 Å². The van der Waals surface area contributed by atoms with Gasteiger partial charge in [-0.1, -0.05) is 12.1 Å². The van der Waals surface area contributed by atoms with Gasteiger partial charge >= 0.3 is 5.97 Å². The fourth-order valence-electron chi connectivity index (χ4n) is 2.55. The summed E-state index contributed by atoms with van der Waals surface area (Å²) in [5.41, 5.74) is 3.54. The van der Waals surface area contributed by atoms with Crippen molar-refractivity contribution in [3.05, 3.63) is 52.7 Å². The average Bonchev–Trinajstić information content (AvgIpc) is 2.53. The van der Waals surface area contributed by atoms with E-state index in [2.05, 4.69) is 10.3 Å². The first-order valence-corrected chi connectivity index (χ1v) is 7.22. The number of aromatic nitrogens is 1. The molecule has 2 heterocycles. The Balaban J connectivity index is 1.82. The van der Waals surface area contributed by atoms with Gasteiger partial charge in [0.1, 0.15) is 17.1 Å². The van der Waals surface area contributed by atoms with Crippen LogP contribution in [0.5, 0.6) is 5.75 Å². The van der Waals surface area contributed by atoms with Crippen molar-refractivity contribution in [1.82, 2.24) is 4.98 Å². The Morgan fingerprint density at radius 2 is 2.09 bits per heavy atom. The van der Waals surface area contributed by atoms with Crippen LogP contribution in [0.2, 0.25) is 0 Å². The van der Waals surface area contributed by atoms with E-state index in [4.69, 9.17) is 9.47 Å². The lowest BCUT2D eigenvalue weighted by molar-refractivity contribution is 0.0481. The maximum absolute atomic E-state index is 12.0. The van der Waals surface area contributed by atoms with Crippen molar-refractivity contribution in [2.45, 2.75) is 19.9 Å². The van der Waals surface area contributed by atoms with Crippen LogP contribution in [0, 0.1) is 6.92 Å². The van der Waals surface area contributed by atoms with E-state index in [0.29, 0.717) is 24.5 Å². The van der Waals surface area contributed by atoms with Gasteiger partial charge in [0.15, 0.2) is 0 Å². The van der Waals surface area contributed by atoms with E-state index in [1.165, 1.54) is 0 Å². The fourth-order valence-corrected chi connectivity index (χ4v) is 2.55. The third-order valence-corrected chi connectivity index (χ3v) is 3.66. The average molecular weight is 298 g/mol. The molecule has 0 aliphatic carbocycles. The lowest BCUT2D eigenvalue weighted by Crippen LogP contribution is -2.21. The van der Waals surface area contributed by atoms with Crippen molar-refractivity contribution in [3.63, 3.8) is 0 Å². The highest BCUT2D eigenvalue weighted by Gasteiger charge is 2.23. The van der Waals surface area contributed by atoms with Crippen LogP contribution in [0.1, 0.15) is 27.2 Å². The highest BCUT2D eigenvalue weighted by atomic mass is 16.5. The van der Waals surface area contributed by atoms with Crippen molar-refractivity contribution in [3.8, 4) is 5.75 Å². The number of cyclic esters (lactones) is 1. The van der Waals surface area contributed by atoms with E-state index >= 15 is 0 Å². The number of pyridine rings is 1. The zero-order chi connectivity index (χ0) is 15.5. The summed E-state index contributed by atoms with van der Waals surface area (Å²) in [6.45, 7) is 2.95. The molecule has 0 amide bonds. The highest BCUT2D eigenvalue weighted by molar-refractivity contribution is 5.97. The van der Waals surface area contributed by atoms with Crippen LogP contribution in [-0.4, -0.2) is 24.7 Å². The van der Waals surface area contributed by atoms with Gasteiger partial charge in [-0.05, 0) is 36.2 Å². The first kappa shape index (κ1) is 14.4. The van der Waals surface area contributed by atoms with Crippen molar-refractivity contribution in [2.24, 2.45) is 0 Å². The second-order valence-corrected chi connectivity index (χ2v) is 5.23. The van der Waals surface area contributed by atoms with Gasteiger partial charge in [-0.15, -0.1) is 0 Å². The third kappa shape index (κ3) is 2.88. The molecular formula is C17H18N2O3. The number of carbonyl (C=O) groups excluding carboxylic acids is 1. The molecular weight excluding hydrogens is 280 g/mol. The molecule has 0 bridgehead atoms. The molecule has 1 aromatic heterocycles. The number of methoxy groups -OCH3 is 1. The van der Waals surface area contributed by atoms with Crippen LogP contribution in [-0.2, 0) is 17.7 Å². The number of esters is 1. The van der Waals surface area contributed by atoms with Crippen LogP contribution in [0.25, 0.3) is 0 Å². The molecule has 1 aliphatic rings. The molecule has 5 heteroatoms. The molecule has 0 radical (unpaired) electrons. The molecule has 1 aromatic carbocycles. The Kier molecular flexibility index (Phi) is 3.96. The fraction of sp³-hybridized carbons (Fsp3) is 0.294. The topological polar surface area (TPSA) is 60.5 Å². The smallest absolute Gasteiger partial charge is 0.342 e. The number of fused-ring (bicyclic) bond motifs is 1. The van der Waals surface area contributed by atoms with Crippen molar-refractivity contribution in [2.75, 3.05) is 19.0 Å². The van der Waals surface area contributed by atoms with Gasteiger partial charge in [0, 0.05) is 18.7 Å². The molecule has 1 aliphatic heterocycles. The molecule has 0 atom stereocenters. The molecule has 2 aromatic rings. The minimum atomic E-state index is -0.300. The molecule has 5 nitrogen and oxygen atoms in total. The number of nitrogens with zero attached hydrogens (tertiary/aromatic N) is 1. The molecule has 0 fully saturated rings. The number of carbonyl (C=O) groups is 1. The van der Waals surface area contributed by atoms with E-state index < -0.39 is 0 Å². The predicted octanol–water partition coefficient (Wildman–Crippen LogP) is 2.72. The lowest BCUT2D eigenvalue weighted by Gasteiger charge is -2.19. The molecule has 0 spiro atoms. The number of hydrogen-bond acceptors (Lipinski definition) is 5. The third-order valence-electron chi connectivity index (χ3n) is 3.66. The van der Waals surface area contributed by atoms with Crippen LogP contribution in [0.15, 0.2) is 30.3 Å². The number of aryl methyl sites for hydroxylation is 1. The molecule has 3 rings (SSSR count). The molecule has 22 heavy (non-hydrogen) atoms. The summed E-state index contributed by atoms with van der Waals surface area (Å²) < 4.78 is 10.3. The van der Waals surface area contributed by atoms with Gasteiger partial charge in [0.2, 0.25) is 0 Å². The van der Waals surface area contributed by atoms with Crippen LogP contribution >= 0.6 is 0 Å². The Morgan fingerprint density at radius 3 is 2.82 bits per heavy atom. The van der Waals surface area contributed by atoms with Gasteiger partial charge in [-0.25, -0.2) is 9.78 Å². The van der Waals surface area contributed by atoms with Gasteiger partial charge in [0.25, 0.3) is 0 Å². The van der Waals surface area contributed by atoms with Crippen molar-refractivity contribution in [1.29, 1.82) is 0 Å². The minimum absolute atomic E-state index is 0.300. The van der Waals surface area contributed by atoms with Gasteiger partial charge < -0.3 is 14.8 Å². The monoisotopic (exact) mass is 298 g/mol. The summed E-state index contributed by atoms with van der Waals surface area (Å²) >= 11 is 0. The predicted molar refractivity (Wildman–Crippen MR) is 83.3 cm³/mol. The molecule has 114 valence electrons. The molecule has 0 unspecified atom stereocenters. The Morgan fingerprint density at radius 1 is 1.32 bits per heavy atom. The van der Waals surface area contributed by atoms with Gasteiger partial charge in [-0.3, -0.25) is 0 Å². The summed E-state index contributed by atoms with van der Waals surface area (Å²) in [7, 11) is 1.64. The quantitative estimate of drug-likeness (QED) is 0.879. The summed E-state index contributed by atoms with van der Waals surface area (Å²) in [6.07, 6.45) is 0.738. The second kappa shape index (κ2) is 6.05. The number of nitrogens with one attached hydrogen (secondary N) is 1. The number of rotatable bonds is 4. The van der Waals surface area contributed by atoms with Crippen molar-refractivity contribution < 1.29 is 14.3 Å². The van der Waals surface area contributed by atoms with E-state index in [1.54, 1.807) is 7.11 Å². The number of benzene rings is 1. The standard InChI is InChI=1S/C17H18N2O3/c1-11-9-13-7-8-22-17(20)15(13)16(19-11)18-10-12-3-5-14(21-2)6-4-12/h3-6,9H,7-8,10H2,1-2H3,(H,18,19). The van der Waals surface area contributed by atoms with E-state index in [-0.39, 0.29) is 5.97 Å². The van der Waals surface area contributed by atoms with E-state index in [9.17, 15) is 4.79 Å². The Bertz CT molecular complexity index is 696. The first-order chi connectivity index (χ1) is 10.7. The normalized spacial score (nSPS) is 13.3. The minimum Gasteiger partial charge on any atom is -0.497 e. The molecule has 0 saturated heterocycles. The Hall–Kier alpha value is -2.56. The zero-order valence-corrected chi connectivity index (χ0v) is 12.7. The highest BCUT2D eigenvalue weighted by Crippen LogP contribution is 2.25. The summed E-state index contributed by atoms with van der Waals surface area (Å²) in [5, 5.41) is 3.25. The van der Waals surface area contributed by atoms with Gasteiger partial charge in [-0.2, -0.15) is 0 Å². The van der Waals surface area contributed by atoms with Crippen LogP contribution in [0.3, 0.4) is 0 Å². The van der Waals surface area contributed by atoms with Crippen LogP contribution in [0.4, 0.5) is 5.82 Å². The molecule has 0 saturated carbocycles.